The molecule has 1 aliphatic rings. The molecule has 0 bridgehead atoms. The van der Waals surface area contributed by atoms with Gasteiger partial charge in [-0.25, -0.2) is 0 Å². The summed E-state index contributed by atoms with van der Waals surface area (Å²) in [5.74, 6) is 0.500. The lowest BCUT2D eigenvalue weighted by atomic mass is 10.0. The van der Waals surface area contributed by atoms with Crippen molar-refractivity contribution >= 4 is 5.78 Å². The average Bonchev–Trinajstić information content (AvgIpc) is 2.49. The van der Waals surface area contributed by atoms with E-state index < -0.39 is 0 Å². The number of nitrogens with zero attached hydrogens (tertiary/aromatic N) is 1. The molecule has 74 valence electrons. The van der Waals surface area contributed by atoms with Crippen molar-refractivity contribution in [1.29, 1.82) is 0 Å². The number of phenols is 1. The van der Waals surface area contributed by atoms with Crippen LogP contribution in [-0.4, -0.2) is 29.4 Å². The van der Waals surface area contributed by atoms with Gasteiger partial charge in [-0.2, -0.15) is 0 Å². The van der Waals surface area contributed by atoms with Gasteiger partial charge in [0.15, 0.2) is 5.78 Å². The maximum absolute atomic E-state index is 11.6. The number of rotatable bonds is 1. The zero-order chi connectivity index (χ0) is 10.1. The number of benzene rings is 1. The van der Waals surface area contributed by atoms with Crippen molar-refractivity contribution in [3.05, 3.63) is 29.8 Å². The van der Waals surface area contributed by atoms with Crippen molar-refractivity contribution in [2.75, 3.05) is 13.6 Å². The SMILES string of the molecule is CN1CCC(=O)C1c1ccc(O)cc1. The highest BCUT2D eigenvalue weighted by atomic mass is 16.3. The van der Waals surface area contributed by atoms with Crippen LogP contribution in [0.5, 0.6) is 5.75 Å². The molecule has 1 aromatic rings. The van der Waals surface area contributed by atoms with E-state index in [0.717, 1.165) is 12.1 Å². The summed E-state index contributed by atoms with van der Waals surface area (Å²) in [6.07, 6.45) is 0.627. The number of phenolic OH excluding ortho intramolecular Hbond substituents is 1. The van der Waals surface area contributed by atoms with Crippen LogP contribution >= 0.6 is 0 Å². The predicted molar refractivity (Wildman–Crippen MR) is 53.1 cm³/mol. The molecule has 3 heteroatoms. The first-order valence-electron chi connectivity index (χ1n) is 4.70. The Morgan fingerprint density at radius 1 is 1.36 bits per heavy atom. The number of carbonyl (C=O) groups excluding carboxylic acids is 1. The molecule has 1 unspecified atom stereocenters. The third kappa shape index (κ3) is 1.51. The summed E-state index contributed by atoms with van der Waals surface area (Å²) in [4.78, 5) is 13.6. The summed E-state index contributed by atoms with van der Waals surface area (Å²) in [6.45, 7) is 0.824. The second-order valence-electron chi connectivity index (χ2n) is 3.69. The average molecular weight is 191 g/mol. The van der Waals surface area contributed by atoms with Crippen molar-refractivity contribution in [1.82, 2.24) is 4.90 Å². The molecule has 0 aliphatic carbocycles. The topological polar surface area (TPSA) is 40.5 Å². The fourth-order valence-electron chi connectivity index (χ4n) is 1.90. The Bertz CT molecular complexity index is 345. The Labute approximate surface area is 83.0 Å². The lowest BCUT2D eigenvalue weighted by Gasteiger charge is -2.17. The van der Waals surface area contributed by atoms with E-state index in [9.17, 15) is 4.79 Å². The van der Waals surface area contributed by atoms with Crippen LogP contribution in [0.4, 0.5) is 0 Å². The number of hydrogen-bond acceptors (Lipinski definition) is 3. The van der Waals surface area contributed by atoms with E-state index in [1.54, 1.807) is 24.3 Å². The van der Waals surface area contributed by atoms with Gasteiger partial charge in [0.25, 0.3) is 0 Å². The molecule has 0 spiro atoms. The van der Waals surface area contributed by atoms with Crippen LogP contribution in [0.3, 0.4) is 0 Å². The molecule has 2 rings (SSSR count). The van der Waals surface area contributed by atoms with Crippen molar-refractivity contribution in [2.45, 2.75) is 12.5 Å². The van der Waals surface area contributed by atoms with E-state index in [0.29, 0.717) is 6.42 Å². The molecular formula is C11H13NO2. The number of carbonyl (C=O) groups is 1. The quantitative estimate of drug-likeness (QED) is 0.728. The molecule has 0 amide bonds. The Hall–Kier alpha value is -1.35. The summed E-state index contributed by atoms with van der Waals surface area (Å²) in [5, 5.41) is 9.13. The fourth-order valence-corrected chi connectivity index (χ4v) is 1.90. The second kappa shape index (κ2) is 3.42. The van der Waals surface area contributed by atoms with Gasteiger partial charge >= 0.3 is 0 Å². The second-order valence-corrected chi connectivity index (χ2v) is 3.69. The minimum atomic E-state index is -0.115. The van der Waals surface area contributed by atoms with E-state index in [1.807, 2.05) is 11.9 Å². The number of likely N-dealkylation sites (tertiary alicyclic amines) is 1. The lowest BCUT2D eigenvalue weighted by molar-refractivity contribution is -0.119. The zero-order valence-electron chi connectivity index (χ0n) is 8.10. The standard InChI is InChI=1S/C11H13NO2/c1-12-7-6-10(14)11(12)8-2-4-9(13)5-3-8/h2-5,11,13H,6-7H2,1H3. The molecule has 0 radical (unpaired) electrons. The summed E-state index contributed by atoms with van der Waals surface area (Å²) in [5.41, 5.74) is 0.966. The maximum atomic E-state index is 11.6. The third-order valence-corrected chi connectivity index (χ3v) is 2.67. The minimum Gasteiger partial charge on any atom is -0.508 e. The van der Waals surface area contributed by atoms with Crippen molar-refractivity contribution < 1.29 is 9.90 Å². The summed E-state index contributed by atoms with van der Waals surface area (Å²) >= 11 is 0. The Morgan fingerprint density at radius 2 is 2.00 bits per heavy atom. The van der Waals surface area contributed by atoms with E-state index in [4.69, 9.17) is 5.11 Å². The highest BCUT2D eigenvalue weighted by Gasteiger charge is 2.30. The molecule has 1 saturated heterocycles. The molecule has 1 atom stereocenters. The van der Waals surface area contributed by atoms with Gasteiger partial charge in [-0.15, -0.1) is 0 Å². The van der Waals surface area contributed by atoms with Crippen molar-refractivity contribution in [3.8, 4) is 5.75 Å². The molecule has 1 heterocycles. The first kappa shape index (κ1) is 9.21. The van der Waals surface area contributed by atoms with Gasteiger partial charge in [0, 0.05) is 13.0 Å². The number of hydrogen-bond donors (Lipinski definition) is 1. The van der Waals surface area contributed by atoms with Crippen LogP contribution in [0.2, 0.25) is 0 Å². The normalized spacial score (nSPS) is 22.9. The molecule has 1 fully saturated rings. The van der Waals surface area contributed by atoms with Gasteiger partial charge < -0.3 is 5.11 Å². The van der Waals surface area contributed by atoms with Gasteiger partial charge in [-0.05, 0) is 24.7 Å². The van der Waals surface area contributed by atoms with Gasteiger partial charge in [0.1, 0.15) is 5.75 Å². The van der Waals surface area contributed by atoms with Gasteiger partial charge in [-0.1, -0.05) is 12.1 Å². The first-order chi connectivity index (χ1) is 6.68. The van der Waals surface area contributed by atoms with E-state index in [2.05, 4.69) is 0 Å². The Balaban J connectivity index is 2.30. The monoisotopic (exact) mass is 191 g/mol. The third-order valence-electron chi connectivity index (χ3n) is 2.67. The summed E-state index contributed by atoms with van der Waals surface area (Å²) in [6, 6.07) is 6.73. The molecule has 14 heavy (non-hydrogen) atoms. The van der Waals surface area contributed by atoms with Crippen LogP contribution in [0, 0.1) is 0 Å². The van der Waals surface area contributed by atoms with Crippen LogP contribution in [0.15, 0.2) is 24.3 Å². The van der Waals surface area contributed by atoms with Crippen LogP contribution in [-0.2, 0) is 4.79 Å². The number of ketones is 1. The Kier molecular flexibility index (Phi) is 2.25. The predicted octanol–water partition coefficient (Wildman–Crippen LogP) is 1.34. The zero-order valence-corrected chi connectivity index (χ0v) is 8.10. The highest BCUT2D eigenvalue weighted by Crippen LogP contribution is 2.28. The summed E-state index contributed by atoms with van der Waals surface area (Å²) < 4.78 is 0. The largest absolute Gasteiger partial charge is 0.508 e. The molecule has 1 aliphatic heterocycles. The molecular weight excluding hydrogens is 178 g/mol. The fraction of sp³-hybridized carbons (Fsp3) is 0.364. The number of likely N-dealkylation sites (N-methyl/N-ethyl adjacent to an activating group) is 1. The first-order valence-corrected chi connectivity index (χ1v) is 4.70. The molecule has 0 saturated carbocycles. The smallest absolute Gasteiger partial charge is 0.155 e. The Morgan fingerprint density at radius 3 is 2.50 bits per heavy atom. The molecule has 1 aromatic carbocycles. The number of aromatic hydroxyl groups is 1. The molecule has 3 nitrogen and oxygen atoms in total. The van der Waals surface area contributed by atoms with E-state index in [1.165, 1.54) is 0 Å². The lowest BCUT2D eigenvalue weighted by Crippen LogP contribution is -2.20. The van der Waals surface area contributed by atoms with E-state index >= 15 is 0 Å². The van der Waals surface area contributed by atoms with Gasteiger partial charge in [0.2, 0.25) is 0 Å². The molecule has 0 aromatic heterocycles. The van der Waals surface area contributed by atoms with Crippen LogP contribution in [0.1, 0.15) is 18.0 Å². The van der Waals surface area contributed by atoms with Gasteiger partial charge in [-0.3, -0.25) is 9.69 Å². The van der Waals surface area contributed by atoms with Crippen molar-refractivity contribution in [3.63, 3.8) is 0 Å². The van der Waals surface area contributed by atoms with Gasteiger partial charge in [0.05, 0.1) is 6.04 Å². The minimum absolute atomic E-state index is 0.115. The maximum Gasteiger partial charge on any atom is 0.155 e. The van der Waals surface area contributed by atoms with Crippen LogP contribution in [0.25, 0.3) is 0 Å². The highest BCUT2D eigenvalue weighted by molar-refractivity contribution is 5.87. The number of Topliss-reactive ketones (excluding diaryl/α,β-unsaturated/α-hetero) is 1. The van der Waals surface area contributed by atoms with E-state index in [-0.39, 0.29) is 17.6 Å². The van der Waals surface area contributed by atoms with Crippen LogP contribution < -0.4 is 0 Å². The summed E-state index contributed by atoms with van der Waals surface area (Å²) in [7, 11) is 1.95. The molecule has 1 N–H and O–H groups in total. The van der Waals surface area contributed by atoms with Crippen molar-refractivity contribution in [2.24, 2.45) is 0 Å².